The largest absolute Gasteiger partial charge is 0.369 e. The first-order chi connectivity index (χ1) is 8.65. The van der Waals surface area contributed by atoms with E-state index in [0.29, 0.717) is 5.92 Å². The Labute approximate surface area is 106 Å². The Balaban J connectivity index is 2.04. The molecule has 1 fully saturated rings. The van der Waals surface area contributed by atoms with Crippen LogP contribution in [0.3, 0.4) is 0 Å². The Morgan fingerprint density at radius 1 is 1.50 bits per heavy atom. The van der Waals surface area contributed by atoms with Gasteiger partial charge in [0.25, 0.3) is 0 Å². The SMILES string of the molecule is Cc1ccc2[nH]cc(C(CC3CC3)C(N)=O)c2c1. The number of hydrogen-bond acceptors (Lipinski definition) is 1. The molecule has 94 valence electrons. The molecule has 3 nitrogen and oxygen atoms in total. The molecule has 1 aliphatic carbocycles. The maximum Gasteiger partial charge on any atom is 0.225 e. The van der Waals surface area contributed by atoms with Gasteiger partial charge in [0.2, 0.25) is 5.91 Å². The second-order valence-electron chi connectivity index (χ2n) is 5.43. The smallest absolute Gasteiger partial charge is 0.225 e. The van der Waals surface area contributed by atoms with Crippen LogP contribution in [0, 0.1) is 12.8 Å². The van der Waals surface area contributed by atoms with E-state index in [1.165, 1.54) is 18.4 Å². The zero-order valence-corrected chi connectivity index (χ0v) is 10.6. The Morgan fingerprint density at radius 3 is 2.94 bits per heavy atom. The van der Waals surface area contributed by atoms with Gasteiger partial charge >= 0.3 is 0 Å². The van der Waals surface area contributed by atoms with E-state index in [4.69, 9.17) is 5.73 Å². The van der Waals surface area contributed by atoms with E-state index in [1.807, 2.05) is 6.20 Å². The average molecular weight is 242 g/mol. The third-order valence-corrected chi connectivity index (χ3v) is 3.85. The van der Waals surface area contributed by atoms with Crippen LogP contribution >= 0.6 is 0 Å². The molecular formula is C15H18N2O. The monoisotopic (exact) mass is 242 g/mol. The van der Waals surface area contributed by atoms with Crippen molar-refractivity contribution in [3.63, 3.8) is 0 Å². The predicted octanol–water partition coefficient (Wildman–Crippen LogP) is 2.85. The van der Waals surface area contributed by atoms with Crippen molar-refractivity contribution in [2.24, 2.45) is 11.7 Å². The minimum Gasteiger partial charge on any atom is -0.369 e. The Bertz CT molecular complexity index is 596. The summed E-state index contributed by atoms with van der Waals surface area (Å²) in [5.74, 6) is 0.342. The van der Waals surface area contributed by atoms with Gasteiger partial charge in [-0.2, -0.15) is 0 Å². The van der Waals surface area contributed by atoms with Crippen LogP contribution < -0.4 is 5.73 Å². The highest BCUT2D eigenvalue weighted by Gasteiger charge is 2.30. The van der Waals surface area contributed by atoms with E-state index < -0.39 is 0 Å². The van der Waals surface area contributed by atoms with Gasteiger partial charge in [-0.15, -0.1) is 0 Å². The summed E-state index contributed by atoms with van der Waals surface area (Å²) < 4.78 is 0. The lowest BCUT2D eigenvalue weighted by Gasteiger charge is -2.12. The van der Waals surface area contributed by atoms with Crippen molar-refractivity contribution in [2.45, 2.75) is 32.1 Å². The fourth-order valence-corrected chi connectivity index (χ4v) is 2.63. The lowest BCUT2D eigenvalue weighted by atomic mass is 9.92. The molecule has 1 aromatic heterocycles. The second-order valence-corrected chi connectivity index (χ2v) is 5.43. The van der Waals surface area contributed by atoms with Crippen molar-refractivity contribution in [1.82, 2.24) is 4.98 Å². The number of nitrogens with two attached hydrogens (primary N) is 1. The van der Waals surface area contributed by atoms with E-state index in [1.54, 1.807) is 0 Å². The number of rotatable bonds is 4. The molecule has 1 heterocycles. The topological polar surface area (TPSA) is 58.9 Å². The maximum absolute atomic E-state index is 11.7. The van der Waals surface area contributed by atoms with Gasteiger partial charge in [0.15, 0.2) is 0 Å². The molecule has 0 aliphatic heterocycles. The van der Waals surface area contributed by atoms with Gasteiger partial charge in [0.05, 0.1) is 5.92 Å². The van der Waals surface area contributed by atoms with Gasteiger partial charge in [-0.1, -0.05) is 24.5 Å². The first kappa shape index (κ1) is 11.3. The lowest BCUT2D eigenvalue weighted by Crippen LogP contribution is -2.21. The molecular weight excluding hydrogens is 224 g/mol. The molecule has 1 saturated carbocycles. The van der Waals surface area contributed by atoms with Crippen molar-refractivity contribution in [3.05, 3.63) is 35.5 Å². The number of hydrogen-bond donors (Lipinski definition) is 2. The van der Waals surface area contributed by atoms with E-state index in [9.17, 15) is 4.79 Å². The highest BCUT2D eigenvalue weighted by Crippen LogP contribution is 2.40. The van der Waals surface area contributed by atoms with Crippen LogP contribution in [0.15, 0.2) is 24.4 Å². The van der Waals surface area contributed by atoms with Gasteiger partial charge in [0, 0.05) is 17.1 Å². The number of carbonyl (C=O) groups is 1. The summed E-state index contributed by atoms with van der Waals surface area (Å²) in [4.78, 5) is 14.9. The lowest BCUT2D eigenvalue weighted by molar-refractivity contribution is -0.119. The minimum atomic E-state index is -0.204. The summed E-state index contributed by atoms with van der Waals surface area (Å²) in [6.45, 7) is 2.07. The first-order valence-electron chi connectivity index (χ1n) is 6.52. The molecule has 3 rings (SSSR count). The number of benzene rings is 1. The molecule has 1 amide bonds. The quantitative estimate of drug-likeness (QED) is 0.851. The normalized spacial score (nSPS) is 16.9. The van der Waals surface area contributed by atoms with Gasteiger partial charge in [-0.25, -0.2) is 0 Å². The van der Waals surface area contributed by atoms with Crippen molar-refractivity contribution < 1.29 is 4.79 Å². The maximum atomic E-state index is 11.7. The number of amides is 1. The fraction of sp³-hybridized carbons (Fsp3) is 0.400. The molecule has 1 aromatic carbocycles. The number of aryl methyl sites for hydroxylation is 1. The van der Waals surface area contributed by atoms with Crippen LogP contribution in [0.25, 0.3) is 10.9 Å². The summed E-state index contributed by atoms with van der Waals surface area (Å²) >= 11 is 0. The number of primary amides is 1. The fourth-order valence-electron chi connectivity index (χ4n) is 2.63. The Morgan fingerprint density at radius 2 is 2.28 bits per heavy atom. The van der Waals surface area contributed by atoms with E-state index >= 15 is 0 Å². The standard InChI is InChI=1S/C15H18N2O/c1-9-2-5-14-11(6-9)13(8-17-14)12(15(16)18)7-10-3-4-10/h2,5-6,8,10,12,17H,3-4,7H2,1H3,(H2,16,18). The van der Waals surface area contributed by atoms with Gasteiger partial charge in [0.1, 0.15) is 0 Å². The van der Waals surface area contributed by atoms with E-state index in [2.05, 4.69) is 30.1 Å². The number of carbonyl (C=O) groups excluding carboxylic acids is 1. The highest BCUT2D eigenvalue weighted by molar-refractivity contribution is 5.91. The zero-order chi connectivity index (χ0) is 12.7. The van der Waals surface area contributed by atoms with Crippen molar-refractivity contribution in [1.29, 1.82) is 0 Å². The molecule has 1 aliphatic rings. The summed E-state index contributed by atoms with van der Waals surface area (Å²) in [5.41, 5.74) is 8.93. The third-order valence-electron chi connectivity index (χ3n) is 3.85. The number of aromatic amines is 1. The molecule has 1 unspecified atom stereocenters. The summed E-state index contributed by atoms with van der Waals surface area (Å²) in [6.07, 6.45) is 5.33. The van der Waals surface area contributed by atoms with Crippen LogP contribution in [0.2, 0.25) is 0 Å². The molecule has 3 N–H and O–H groups in total. The molecule has 18 heavy (non-hydrogen) atoms. The first-order valence-corrected chi connectivity index (χ1v) is 6.52. The summed E-state index contributed by atoms with van der Waals surface area (Å²) in [5, 5.41) is 1.14. The van der Waals surface area contributed by atoms with Crippen LogP contribution in [0.4, 0.5) is 0 Å². The summed E-state index contributed by atoms with van der Waals surface area (Å²) in [6, 6.07) is 6.26. The van der Waals surface area contributed by atoms with E-state index in [-0.39, 0.29) is 11.8 Å². The molecule has 0 spiro atoms. The number of aromatic nitrogens is 1. The zero-order valence-electron chi connectivity index (χ0n) is 10.6. The predicted molar refractivity (Wildman–Crippen MR) is 72.3 cm³/mol. The van der Waals surface area contributed by atoms with Crippen LogP contribution in [0.5, 0.6) is 0 Å². The van der Waals surface area contributed by atoms with Crippen LogP contribution in [0.1, 0.15) is 36.3 Å². The molecule has 2 aromatic rings. The van der Waals surface area contributed by atoms with Crippen LogP contribution in [-0.2, 0) is 4.79 Å². The number of H-pyrrole nitrogens is 1. The van der Waals surface area contributed by atoms with Crippen molar-refractivity contribution in [3.8, 4) is 0 Å². The van der Waals surface area contributed by atoms with Gasteiger partial charge in [-0.3, -0.25) is 4.79 Å². The minimum absolute atomic E-state index is 0.145. The molecule has 0 saturated heterocycles. The Hall–Kier alpha value is -1.77. The summed E-state index contributed by atoms with van der Waals surface area (Å²) in [7, 11) is 0. The van der Waals surface area contributed by atoms with E-state index in [0.717, 1.165) is 22.9 Å². The number of fused-ring (bicyclic) bond motifs is 1. The van der Waals surface area contributed by atoms with Gasteiger partial charge in [-0.05, 0) is 37.0 Å². The molecule has 0 radical (unpaired) electrons. The Kier molecular flexibility index (Phi) is 2.62. The average Bonchev–Trinajstić information content (AvgIpc) is 3.06. The number of nitrogens with one attached hydrogen (secondary N) is 1. The van der Waals surface area contributed by atoms with Crippen molar-refractivity contribution in [2.75, 3.05) is 0 Å². The van der Waals surface area contributed by atoms with Gasteiger partial charge < -0.3 is 10.7 Å². The molecule has 3 heteroatoms. The highest BCUT2D eigenvalue weighted by atomic mass is 16.1. The molecule has 0 bridgehead atoms. The van der Waals surface area contributed by atoms with Crippen LogP contribution in [-0.4, -0.2) is 10.9 Å². The second kappa shape index (κ2) is 4.16. The molecule has 1 atom stereocenters. The third kappa shape index (κ3) is 2.01. The van der Waals surface area contributed by atoms with Crippen molar-refractivity contribution >= 4 is 16.8 Å².